The fraction of sp³-hybridized carbons (Fsp3) is 0.667. The summed E-state index contributed by atoms with van der Waals surface area (Å²) in [5.74, 6) is 0.929. The standard InChI is InChI=1S/C15H23N3O4S/c1-11-4-5-14(22-11)13-3-2-8-18(13)23(20,21)17-9-6-12(7-10-17)15(16)19/h4-5,12-13H,2-3,6-10H2,1H3,(H2,16,19). The Morgan fingerprint density at radius 1 is 1.22 bits per heavy atom. The van der Waals surface area contributed by atoms with Crippen LogP contribution in [0, 0.1) is 12.8 Å². The van der Waals surface area contributed by atoms with Gasteiger partial charge in [-0.15, -0.1) is 0 Å². The fourth-order valence-electron chi connectivity index (χ4n) is 3.45. The molecule has 1 atom stereocenters. The SMILES string of the molecule is Cc1ccc(C2CCCN2S(=O)(=O)N2CCC(C(N)=O)CC2)o1. The molecule has 3 rings (SSSR count). The van der Waals surface area contributed by atoms with E-state index in [9.17, 15) is 13.2 Å². The molecule has 0 aliphatic carbocycles. The molecule has 1 aromatic rings. The van der Waals surface area contributed by atoms with Gasteiger partial charge in [0.15, 0.2) is 0 Å². The summed E-state index contributed by atoms with van der Waals surface area (Å²) >= 11 is 0. The zero-order valence-corrected chi connectivity index (χ0v) is 14.1. The normalized spacial score (nSPS) is 25.0. The van der Waals surface area contributed by atoms with Crippen molar-refractivity contribution < 1.29 is 17.6 Å². The van der Waals surface area contributed by atoms with E-state index in [1.807, 2.05) is 19.1 Å². The van der Waals surface area contributed by atoms with E-state index in [0.717, 1.165) is 18.6 Å². The topological polar surface area (TPSA) is 96.9 Å². The third-order valence-corrected chi connectivity index (χ3v) is 6.82. The van der Waals surface area contributed by atoms with Gasteiger partial charge in [-0.2, -0.15) is 17.0 Å². The molecule has 0 spiro atoms. The molecule has 1 amide bonds. The average Bonchev–Trinajstić information content (AvgIpc) is 3.16. The van der Waals surface area contributed by atoms with E-state index in [-0.39, 0.29) is 17.9 Å². The summed E-state index contributed by atoms with van der Waals surface area (Å²) in [5, 5.41) is 0. The number of hydrogen-bond donors (Lipinski definition) is 1. The Kier molecular flexibility index (Phi) is 4.48. The largest absolute Gasteiger partial charge is 0.465 e. The van der Waals surface area contributed by atoms with Crippen LogP contribution in [-0.2, 0) is 15.0 Å². The summed E-state index contributed by atoms with van der Waals surface area (Å²) in [6, 6.07) is 3.48. The second-order valence-electron chi connectivity index (χ2n) is 6.30. The van der Waals surface area contributed by atoms with Crippen LogP contribution in [0.1, 0.15) is 43.2 Å². The fourth-order valence-corrected chi connectivity index (χ4v) is 5.31. The van der Waals surface area contributed by atoms with Crippen molar-refractivity contribution in [3.8, 4) is 0 Å². The molecule has 1 aromatic heterocycles. The van der Waals surface area contributed by atoms with Gasteiger partial charge in [-0.3, -0.25) is 4.79 Å². The van der Waals surface area contributed by atoms with Crippen LogP contribution >= 0.6 is 0 Å². The molecule has 0 aromatic carbocycles. The first-order valence-electron chi connectivity index (χ1n) is 8.02. The van der Waals surface area contributed by atoms with Gasteiger partial charge >= 0.3 is 0 Å². The summed E-state index contributed by atoms with van der Waals surface area (Å²) < 4.78 is 34.6. The zero-order chi connectivity index (χ0) is 16.6. The van der Waals surface area contributed by atoms with Crippen LogP contribution in [0.25, 0.3) is 0 Å². The molecule has 2 fully saturated rings. The van der Waals surface area contributed by atoms with Crippen molar-refractivity contribution in [2.75, 3.05) is 19.6 Å². The van der Waals surface area contributed by atoms with Crippen LogP contribution in [0.5, 0.6) is 0 Å². The molecule has 0 radical (unpaired) electrons. The van der Waals surface area contributed by atoms with Crippen molar-refractivity contribution in [2.24, 2.45) is 11.7 Å². The Balaban J connectivity index is 1.75. The Labute approximate surface area is 136 Å². The van der Waals surface area contributed by atoms with Crippen LogP contribution < -0.4 is 5.73 Å². The van der Waals surface area contributed by atoms with E-state index in [0.29, 0.717) is 38.2 Å². The smallest absolute Gasteiger partial charge is 0.282 e. The maximum atomic E-state index is 12.9. The van der Waals surface area contributed by atoms with Gasteiger partial charge in [0, 0.05) is 25.6 Å². The zero-order valence-electron chi connectivity index (χ0n) is 13.3. The monoisotopic (exact) mass is 341 g/mol. The molecule has 2 aliphatic rings. The van der Waals surface area contributed by atoms with Crippen LogP contribution in [0.15, 0.2) is 16.5 Å². The minimum Gasteiger partial charge on any atom is -0.465 e. The number of nitrogens with two attached hydrogens (primary N) is 1. The van der Waals surface area contributed by atoms with Gasteiger partial charge in [-0.1, -0.05) is 0 Å². The van der Waals surface area contributed by atoms with E-state index >= 15 is 0 Å². The number of carbonyl (C=O) groups is 1. The van der Waals surface area contributed by atoms with Gasteiger partial charge in [0.25, 0.3) is 10.2 Å². The maximum Gasteiger partial charge on any atom is 0.282 e. The molecular weight excluding hydrogens is 318 g/mol. The number of primary amides is 1. The number of amides is 1. The summed E-state index contributed by atoms with van der Waals surface area (Å²) in [6.07, 6.45) is 2.57. The maximum absolute atomic E-state index is 12.9. The third-order valence-electron chi connectivity index (χ3n) is 4.77. The predicted octanol–water partition coefficient (Wildman–Crippen LogP) is 1.17. The van der Waals surface area contributed by atoms with Crippen LogP contribution in [0.3, 0.4) is 0 Å². The van der Waals surface area contributed by atoms with E-state index in [4.69, 9.17) is 10.2 Å². The number of carbonyl (C=O) groups excluding carboxylic acids is 1. The van der Waals surface area contributed by atoms with Crippen LogP contribution in [0.4, 0.5) is 0 Å². The first-order valence-corrected chi connectivity index (χ1v) is 9.42. The Hall–Kier alpha value is -1.38. The highest BCUT2D eigenvalue weighted by Crippen LogP contribution is 2.36. The Morgan fingerprint density at radius 2 is 1.91 bits per heavy atom. The lowest BCUT2D eigenvalue weighted by molar-refractivity contribution is -0.122. The molecular formula is C15H23N3O4S. The summed E-state index contributed by atoms with van der Waals surface area (Å²) in [6.45, 7) is 3.04. The van der Waals surface area contributed by atoms with E-state index in [2.05, 4.69) is 0 Å². The highest BCUT2D eigenvalue weighted by molar-refractivity contribution is 7.86. The number of furan rings is 1. The van der Waals surface area contributed by atoms with Crippen molar-refractivity contribution in [3.05, 3.63) is 23.7 Å². The summed E-state index contributed by atoms with van der Waals surface area (Å²) in [7, 11) is -3.54. The second-order valence-corrected chi connectivity index (χ2v) is 8.18. The van der Waals surface area contributed by atoms with Crippen LogP contribution in [0.2, 0.25) is 0 Å². The summed E-state index contributed by atoms with van der Waals surface area (Å²) in [5.41, 5.74) is 5.31. The van der Waals surface area contributed by atoms with Crippen LogP contribution in [-0.4, -0.2) is 42.6 Å². The minimum absolute atomic E-state index is 0.219. The minimum atomic E-state index is -3.54. The molecule has 23 heavy (non-hydrogen) atoms. The highest BCUT2D eigenvalue weighted by Gasteiger charge is 2.41. The molecule has 2 N–H and O–H groups in total. The number of nitrogens with zero attached hydrogens (tertiary/aromatic N) is 2. The lowest BCUT2D eigenvalue weighted by Gasteiger charge is -2.34. The average molecular weight is 341 g/mol. The molecule has 0 saturated carbocycles. The van der Waals surface area contributed by atoms with Gasteiger partial charge < -0.3 is 10.2 Å². The molecule has 1 unspecified atom stereocenters. The molecule has 0 bridgehead atoms. The first kappa shape index (κ1) is 16.5. The van der Waals surface area contributed by atoms with Crippen molar-refractivity contribution in [1.29, 1.82) is 0 Å². The van der Waals surface area contributed by atoms with E-state index < -0.39 is 10.2 Å². The van der Waals surface area contributed by atoms with Gasteiger partial charge in [-0.25, -0.2) is 0 Å². The lowest BCUT2D eigenvalue weighted by atomic mass is 9.98. The van der Waals surface area contributed by atoms with Gasteiger partial charge in [-0.05, 0) is 44.7 Å². The Bertz CT molecular complexity index is 677. The van der Waals surface area contributed by atoms with Gasteiger partial charge in [0.05, 0.1) is 6.04 Å². The van der Waals surface area contributed by atoms with E-state index in [1.54, 1.807) is 0 Å². The van der Waals surface area contributed by atoms with Gasteiger partial charge in [0.2, 0.25) is 5.91 Å². The first-order chi connectivity index (χ1) is 10.9. The number of aryl methyl sites for hydroxylation is 1. The van der Waals surface area contributed by atoms with E-state index in [1.165, 1.54) is 8.61 Å². The van der Waals surface area contributed by atoms with Crippen molar-refractivity contribution in [1.82, 2.24) is 8.61 Å². The molecule has 128 valence electrons. The molecule has 7 nitrogen and oxygen atoms in total. The van der Waals surface area contributed by atoms with Crippen molar-refractivity contribution >= 4 is 16.1 Å². The molecule has 3 heterocycles. The molecule has 8 heteroatoms. The molecule has 2 saturated heterocycles. The highest BCUT2D eigenvalue weighted by atomic mass is 32.2. The number of rotatable bonds is 4. The number of hydrogen-bond acceptors (Lipinski definition) is 4. The third kappa shape index (κ3) is 3.15. The second kappa shape index (κ2) is 6.26. The van der Waals surface area contributed by atoms with Crippen molar-refractivity contribution in [2.45, 2.75) is 38.6 Å². The van der Waals surface area contributed by atoms with Crippen molar-refractivity contribution in [3.63, 3.8) is 0 Å². The molecule has 2 aliphatic heterocycles. The summed E-state index contributed by atoms with van der Waals surface area (Å²) in [4.78, 5) is 11.2. The van der Waals surface area contributed by atoms with Gasteiger partial charge in [0.1, 0.15) is 11.5 Å². The number of piperidine rings is 1. The lowest BCUT2D eigenvalue weighted by Crippen LogP contribution is -2.48. The quantitative estimate of drug-likeness (QED) is 0.889. The predicted molar refractivity (Wildman–Crippen MR) is 84.5 cm³/mol. The Morgan fingerprint density at radius 3 is 2.48 bits per heavy atom.